The van der Waals surface area contributed by atoms with Crippen molar-refractivity contribution in [3.63, 3.8) is 0 Å². The summed E-state index contributed by atoms with van der Waals surface area (Å²) in [5.41, 5.74) is 4.22. The molecule has 0 saturated carbocycles. The Morgan fingerprint density at radius 3 is 2.78 bits per heavy atom. The number of hydrogen-bond donors (Lipinski definition) is 0. The van der Waals surface area contributed by atoms with Gasteiger partial charge in [-0.2, -0.15) is 5.26 Å². The van der Waals surface area contributed by atoms with Crippen LogP contribution in [0, 0.1) is 18.3 Å². The zero-order valence-electron chi connectivity index (χ0n) is 18.0. The summed E-state index contributed by atoms with van der Waals surface area (Å²) in [5, 5.41) is 11.2. The molecule has 4 aromatic rings. The summed E-state index contributed by atoms with van der Waals surface area (Å²) in [6.07, 6.45) is 1.86. The number of aryl methyl sites for hydroxylation is 1. The quantitative estimate of drug-likeness (QED) is 0.270. The second-order valence-electron chi connectivity index (χ2n) is 7.27. The predicted octanol–water partition coefficient (Wildman–Crippen LogP) is 5.34. The van der Waals surface area contributed by atoms with E-state index < -0.39 is 0 Å². The van der Waals surface area contributed by atoms with Crippen LogP contribution in [0.1, 0.15) is 33.4 Å². The molecule has 32 heavy (non-hydrogen) atoms. The van der Waals surface area contributed by atoms with Gasteiger partial charge in [0.1, 0.15) is 16.0 Å². The highest BCUT2D eigenvalue weighted by Crippen LogP contribution is 2.32. The number of ether oxygens (including phenoxy) is 2. The lowest BCUT2D eigenvalue weighted by Crippen LogP contribution is -2.05. The molecule has 4 rings (SSSR count). The third-order valence-electron chi connectivity index (χ3n) is 5.09. The van der Waals surface area contributed by atoms with E-state index in [0.717, 1.165) is 27.0 Å². The van der Waals surface area contributed by atoms with Crippen LogP contribution in [0.15, 0.2) is 54.7 Å². The second kappa shape index (κ2) is 9.77. The number of carbonyl (C=O) groups is 1. The predicted molar refractivity (Wildman–Crippen MR) is 125 cm³/mol. The van der Waals surface area contributed by atoms with E-state index in [1.807, 2.05) is 59.3 Å². The monoisotopic (exact) mass is 445 g/mol. The van der Waals surface area contributed by atoms with Crippen LogP contribution >= 0.6 is 11.3 Å². The molecule has 0 spiro atoms. The Bertz CT molecular complexity index is 1290. The molecule has 0 aliphatic carbocycles. The molecule has 2 heterocycles. The molecule has 0 fully saturated rings. The van der Waals surface area contributed by atoms with E-state index in [2.05, 4.69) is 11.1 Å². The maximum atomic E-state index is 12.1. The number of benzene rings is 2. The molecule has 0 aliphatic rings. The highest BCUT2D eigenvalue weighted by atomic mass is 32.1. The van der Waals surface area contributed by atoms with Crippen molar-refractivity contribution in [2.75, 3.05) is 13.2 Å². The van der Waals surface area contributed by atoms with Crippen molar-refractivity contribution in [2.45, 2.75) is 27.0 Å². The van der Waals surface area contributed by atoms with Gasteiger partial charge in [0, 0.05) is 29.2 Å². The molecule has 0 unspecified atom stereocenters. The van der Waals surface area contributed by atoms with Gasteiger partial charge in [-0.3, -0.25) is 0 Å². The minimum atomic E-state index is -0.353. The van der Waals surface area contributed by atoms with E-state index in [-0.39, 0.29) is 5.97 Å². The number of fused-ring (bicyclic) bond motifs is 1. The topological polar surface area (TPSA) is 77.1 Å². The van der Waals surface area contributed by atoms with Crippen molar-refractivity contribution in [3.8, 4) is 16.6 Å². The van der Waals surface area contributed by atoms with Crippen LogP contribution in [0.2, 0.25) is 0 Å². The van der Waals surface area contributed by atoms with E-state index in [1.165, 1.54) is 11.3 Å². The van der Waals surface area contributed by atoms with Crippen molar-refractivity contribution >= 4 is 28.2 Å². The average Bonchev–Trinajstić information content (AvgIpc) is 3.37. The molecule has 0 radical (unpaired) electrons. The lowest BCUT2D eigenvalue weighted by molar-refractivity contribution is 0.0531. The summed E-state index contributed by atoms with van der Waals surface area (Å²) in [7, 11) is 0. The molecule has 0 bridgehead atoms. The van der Waals surface area contributed by atoms with Gasteiger partial charge < -0.3 is 14.0 Å². The number of nitriles is 1. The van der Waals surface area contributed by atoms with Gasteiger partial charge in [-0.15, -0.1) is 11.3 Å². The van der Waals surface area contributed by atoms with Gasteiger partial charge >= 0.3 is 5.97 Å². The van der Waals surface area contributed by atoms with Crippen molar-refractivity contribution in [2.24, 2.45) is 0 Å². The van der Waals surface area contributed by atoms with E-state index in [1.54, 1.807) is 13.8 Å². The van der Waals surface area contributed by atoms with Crippen molar-refractivity contribution in [3.05, 3.63) is 76.4 Å². The standard InChI is InChI=1S/C25H23N3O3S/c1-3-31-25(29)23-17(2)27-24(32-23)19-9-10-22-21(13-19)20(14-26)15-28(22)11-12-30-16-18-7-5-4-6-8-18/h4-10,13,15H,3,11-12,16H2,1-2H3. The average molecular weight is 446 g/mol. The second-order valence-corrected chi connectivity index (χ2v) is 8.27. The first-order valence-corrected chi connectivity index (χ1v) is 11.2. The van der Waals surface area contributed by atoms with Crippen LogP contribution in [-0.2, 0) is 22.6 Å². The molecule has 162 valence electrons. The van der Waals surface area contributed by atoms with Crippen LogP contribution < -0.4 is 0 Å². The molecule has 0 amide bonds. The minimum Gasteiger partial charge on any atom is -0.462 e. The largest absolute Gasteiger partial charge is 0.462 e. The maximum absolute atomic E-state index is 12.1. The number of aromatic nitrogens is 2. The molecule has 2 aromatic heterocycles. The first-order chi connectivity index (χ1) is 15.6. The Labute approximate surface area is 190 Å². The molecule has 7 heteroatoms. The fourth-order valence-corrected chi connectivity index (χ4v) is 4.49. The van der Waals surface area contributed by atoms with E-state index in [0.29, 0.717) is 42.5 Å². The van der Waals surface area contributed by atoms with Crippen molar-refractivity contribution in [1.82, 2.24) is 9.55 Å². The Morgan fingerprint density at radius 2 is 2.03 bits per heavy atom. The number of rotatable bonds is 8. The smallest absolute Gasteiger partial charge is 0.350 e. The van der Waals surface area contributed by atoms with Crippen LogP contribution in [0.25, 0.3) is 21.5 Å². The number of carbonyl (C=O) groups excluding carboxylic acids is 1. The Hall–Kier alpha value is -3.47. The molecule has 0 N–H and O–H groups in total. The van der Waals surface area contributed by atoms with E-state index in [4.69, 9.17) is 9.47 Å². The molecule has 2 aromatic carbocycles. The first kappa shape index (κ1) is 21.8. The third kappa shape index (κ3) is 4.57. The van der Waals surface area contributed by atoms with Crippen LogP contribution in [0.4, 0.5) is 0 Å². The Morgan fingerprint density at radius 1 is 1.22 bits per heavy atom. The Balaban J connectivity index is 1.54. The lowest BCUT2D eigenvalue weighted by Gasteiger charge is -2.07. The van der Waals surface area contributed by atoms with Crippen LogP contribution in [0.3, 0.4) is 0 Å². The summed E-state index contributed by atoms with van der Waals surface area (Å²) in [5.74, 6) is -0.353. The molecular formula is C25H23N3O3S. The number of thiazole rings is 1. The number of esters is 1. The fraction of sp³-hybridized carbons (Fsp3) is 0.240. The number of hydrogen-bond acceptors (Lipinski definition) is 6. The van der Waals surface area contributed by atoms with Crippen LogP contribution in [0.5, 0.6) is 0 Å². The summed E-state index contributed by atoms with van der Waals surface area (Å²) < 4.78 is 13.0. The molecule has 0 saturated heterocycles. The molecular weight excluding hydrogens is 422 g/mol. The zero-order chi connectivity index (χ0) is 22.5. The van der Waals surface area contributed by atoms with E-state index in [9.17, 15) is 10.1 Å². The molecule has 6 nitrogen and oxygen atoms in total. The lowest BCUT2D eigenvalue weighted by atomic mass is 10.1. The number of nitrogens with zero attached hydrogens (tertiary/aromatic N) is 3. The summed E-state index contributed by atoms with van der Waals surface area (Å²) in [6, 6.07) is 18.2. The van der Waals surface area contributed by atoms with E-state index >= 15 is 0 Å². The van der Waals surface area contributed by atoms with Gasteiger partial charge in [0.05, 0.1) is 31.1 Å². The van der Waals surface area contributed by atoms with Gasteiger partial charge in [0.2, 0.25) is 0 Å². The molecule has 0 atom stereocenters. The third-order valence-corrected chi connectivity index (χ3v) is 6.28. The highest BCUT2D eigenvalue weighted by molar-refractivity contribution is 7.17. The van der Waals surface area contributed by atoms with Gasteiger partial charge in [-0.25, -0.2) is 9.78 Å². The summed E-state index contributed by atoms with van der Waals surface area (Å²) in [6.45, 7) is 5.65. The van der Waals surface area contributed by atoms with Crippen molar-refractivity contribution in [1.29, 1.82) is 5.26 Å². The Kier molecular flexibility index (Phi) is 6.64. The van der Waals surface area contributed by atoms with Crippen molar-refractivity contribution < 1.29 is 14.3 Å². The van der Waals surface area contributed by atoms with Crippen LogP contribution in [-0.4, -0.2) is 28.7 Å². The van der Waals surface area contributed by atoms with Gasteiger partial charge in [0.15, 0.2) is 0 Å². The normalized spacial score (nSPS) is 10.9. The van der Waals surface area contributed by atoms with Gasteiger partial charge in [-0.1, -0.05) is 30.3 Å². The summed E-state index contributed by atoms with van der Waals surface area (Å²) in [4.78, 5) is 17.2. The highest BCUT2D eigenvalue weighted by Gasteiger charge is 2.18. The van der Waals surface area contributed by atoms with Gasteiger partial charge in [0.25, 0.3) is 0 Å². The SMILES string of the molecule is CCOC(=O)c1sc(-c2ccc3c(c2)c(C#N)cn3CCOCc2ccccc2)nc1C. The van der Waals surface area contributed by atoms with Gasteiger partial charge in [-0.05, 0) is 37.6 Å². The zero-order valence-corrected chi connectivity index (χ0v) is 18.8. The maximum Gasteiger partial charge on any atom is 0.350 e. The molecule has 0 aliphatic heterocycles. The first-order valence-electron chi connectivity index (χ1n) is 10.4. The fourth-order valence-electron chi connectivity index (χ4n) is 3.54. The minimum absolute atomic E-state index is 0.325. The summed E-state index contributed by atoms with van der Waals surface area (Å²) >= 11 is 1.31.